The van der Waals surface area contributed by atoms with Gasteiger partial charge in [0.2, 0.25) is 0 Å². The smallest absolute Gasteiger partial charge is 0.252 e. The van der Waals surface area contributed by atoms with E-state index < -0.39 is 17.6 Å². The van der Waals surface area contributed by atoms with Crippen molar-refractivity contribution in [3.05, 3.63) is 107 Å². The van der Waals surface area contributed by atoms with Crippen molar-refractivity contribution < 1.29 is 17.6 Å². The van der Waals surface area contributed by atoms with E-state index >= 15 is 0 Å². The predicted molar refractivity (Wildman–Crippen MR) is 119 cm³/mol. The summed E-state index contributed by atoms with van der Waals surface area (Å²) in [5.74, 6) is -4.11. The molecule has 0 radical (unpaired) electrons. The number of rotatable bonds is 6. The molecule has 5 heteroatoms. The lowest BCUT2D eigenvalue weighted by atomic mass is 9.85. The summed E-state index contributed by atoms with van der Waals surface area (Å²) in [7, 11) is 0. The minimum Gasteiger partial charge on any atom is -0.356 e. The Hall–Kier alpha value is -3.08. The molecule has 1 aliphatic rings. The van der Waals surface area contributed by atoms with E-state index in [1.54, 1.807) is 12.2 Å². The SMILES string of the molecule is C=C(/C=C\C(=C/C)c1cc2c(cc1C)CCC(F)(F)C2)NC(=C)c1c(F)cccc1F. The highest BCUT2D eigenvalue weighted by atomic mass is 19.3. The average Bonchev–Trinajstić information content (AvgIpc) is 2.68. The molecule has 0 bridgehead atoms. The zero-order chi connectivity index (χ0) is 22.8. The normalized spacial score (nSPS) is 15.6. The molecule has 0 fully saturated rings. The fraction of sp³-hybridized carbons (Fsp3) is 0.231. The van der Waals surface area contributed by atoms with Gasteiger partial charge >= 0.3 is 0 Å². The summed E-state index contributed by atoms with van der Waals surface area (Å²) in [6.07, 6.45) is 5.33. The Bertz CT molecular complexity index is 1070. The Labute approximate surface area is 180 Å². The molecular formula is C26H25F4N. The lowest BCUT2D eigenvalue weighted by Crippen LogP contribution is -2.26. The monoisotopic (exact) mass is 427 g/mol. The third kappa shape index (κ3) is 5.16. The van der Waals surface area contributed by atoms with Gasteiger partial charge in [0.15, 0.2) is 0 Å². The fourth-order valence-corrected chi connectivity index (χ4v) is 3.82. The maximum absolute atomic E-state index is 13.9. The highest BCUT2D eigenvalue weighted by Crippen LogP contribution is 2.35. The van der Waals surface area contributed by atoms with E-state index in [1.807, 2.05) is 32.1 Å². The van der Waals surface area contributed by atoms with Crippen LogP contribution in [0.3, 0.4) is 0 Å². The predicted octanol–water partition coefficient (Wildman–Crippen LogP) is 7.13. The zero-order valence-electron chi connectivity index (χ0n) is 17.7. The number of hydrogen-bond acceptors (Lipinski definition) is 1. The first-order valence-electron chi connectivity index (χ1n) is 10.1. The molecule has 2 aromatic rings. The van der Waals surface area contributed by atoms with E-state index in [2.05, 4.69) is 18.5 Å². The van der Waals surface area contributed by atoms with Gasteiger partial charge in [-0.1, -0.05) is 43.5 Å². The first-order valence-corrected chi connectivity index (χ1v) is 10.1. The van der Waals surface area contributed by atoms with E-state index in [-0.39, 0.29) is 24.1 Å². The van der Waals surface area contributed by atoms with Crippen LogP contribution in [0.15, 0.2) is 67.4 Å². The zero-order valence-corrected chi connectivity index (χ0v) is 17.7. The molecule has 0 saturated heterocycles. The van der Waals surface area contributed by atoms with E-state index in [0.717, 1.165) is 34.4 Å². The molecule has 1 aliphatic carbocycles. The van der Waals surface area contributed by atoms with Gasteiger partial charge in [-0.15, -0.1) is 0 Å². The second-order valence-corrected chi connectivity index (χ2v) is 7.77. The van der Waals surface area contributed by atoms with Gasteiger partial charge in [-0.2, -0.15) is 0 Å². The second-order valence-electron chi connectivity index (χ2n) is 7.77. The van der Waals surface area contributed by atoms with Crippen molar-refractivity contribution in [2.75, 3.05) is 0 Å². The first-order chi connectivity index (χ1) is 14.6. The molecule has 0 heterocycles. The van der Waals surface area contributed by atoms with Crippen molar-refractivity contribution in [3.63, 3.8) is 0 Å². The van der Waals surface area contributed by atoms with Gasteiger partial charge in [0.1, 0.15) is 11.6 Å². The second kappa shape index (κ2) is 8.96. The van der Waals surface area contributed by atoms with Crippen LogP contribution >= 0.6 is 0 Å². The molecular weight excluding hydrogens is 402 g/mol. The van der Waals surface area contributed by atoms with Crippen molar-refractivity contribution >= 4 is 11.3 Å². The average molecular weight is 427 g/mol. The van der Waals surface area contributed by atoms with Gasteiger partial charge in [-0.05, 0) is 66.3 Å². The molecule has 1 N–H and O–H groups in total. The van der Waals surface area contributed by atoms with Crippen LogP contribution in [0.4, 0.5) is 17.6 Å². The number of benzene rings is 2. The van der Waals surface area contributed by atoms with Crippen molar-refractivity contribution in [1.82, 2.24) is 5.32 Å². The van der Waals surface area contributed by atoms with Crippen molar-refractivity contribution in [3.8, 4) is 0 Å². The Kier molecular flexibility index (Phi) is 6.54. The van der Waals surface area contributed by atoms with Gasteiger partial charge in [0.05, 0.1) is 5.56 Å². The summed E-state index contributed by atoms with van der Waals surface area (Å²) >= 11 is 0. The number of aryl methyl sites for hydroxylation is 2. The van der Waals surface area contributed by atoms with Gasteiger partial charge in [-0.3, -0.25) is 0 Å². The van der Waals surface area contributed by atoms with Crippen LogP contribution in [0.2, 0.25) is 0 Å². The van der Waals surface area contributed by atoms with Crippen molar-refractivity contribution in [2.45, 2.75) is 39.0 Å². The third-order valence-electron chi connectivity index (χ3n) is 5.42. The maximum atomic E-state index is 13.9. The largest absolute Gasteiger partial charge is 0.356 e. The van der Waals surface area contributed by atoms with E-state index in [1.165, 1.54) is 6.07 Å². The van der Waals surface area contributed by atoms with Crippen molar-refractivity contribution in [1.29, 1.82) is 0 Å². The van der Waals surface area contributed by atoms with Gasteiger partial charge in [-0.25, -0.2) is 17.6 Å². The van der Waals surface area contributed by atoms with E-state index in [9.17, 15) is 17.6 Å². The summed E-state index contributed by atoms with van der Waals surface area (Å²) in [6.45, 7) is 11.4. The lowest BCUT2D eigenvalue weighted by Gasteiger charge is -2.26. The number of nitrogens with one attached hydrogen (secondary N) is 1. The molecule has 0 amide bonds. The molecule has 0 spiro atoms. The number of fused-ring (bicyclic) bond motifs is 1. The van der Waals surface area contributed by atoms with E-state index in [0.29, 0.717) is 17.7 Å². The van der Waals surface area contributed by atoms with Crippen LogP contribution in [0.5, 0.6) is 0 Å². The summed E-state index contributed by atoms with van der Waals surface area (Å²) in [4.78, 5) is 0. The Morgan fingerprint density at radius 1 is 1.06 bits per heavy atom. The number of alkyl halides is 2. The maximum Gasteiger partial charge on any atom is 0.252 e. The molecule has 162 valence electrons. The summed E-state index contributed by atoms with van der Waals surface area (Å²) in [5, 5.41) is 2.80. The first kappa shape index (κ1) is 22.6. The molecule has 0 unspecified atom stereocenters. The third-order valence-corrected chi connectivity index (χ3v) is 5.42. The highest BCUT2D eigenvalue weighted by molar-refractivity contribution is 5.77. The van der Waals surface area contributed by atoms with Crippen LogP contribution in [0, 0.1) is 18.6 Å². The topological polar surface area (TPSA) is 12.0 Å². The molecule has 3 rings (SSSR count). The standard InChI is InChI=1S/C26H25F4N/c1-5-19(22-14-21-15-26(29,30)12-11-20(21)13-16(22)2)10-9-17(3)31-18(4)25-23(27)7-6-8-24(25)28/h5-10,13-14,31H,3-4,11-12,15H2,1-2H3/b10-9-,19-5+. The molecule has 0 saturated carbocycles. The molecule has 2 aromatic carbocycles. The van der Waals surface area contributed by atoms with Crippen LogP contribution in [-0.2, 0) is 12.8 Å². The molecule has 1 nitrogen and oxygen atoms in total. The van der Waals surface area contributed by atoms with Crippen LogP contribution in [0.25, 0.3) is 11.3 Å². The van der Waals surface area contributed by atoms with E-state index in [4.69, 9.17) is 0 Å². The summed E-state index contributed by atoms with van der Waals surface area (Å²) in [6, 6.07) is 7.41. The number of allylic oxidation sites excluding steroid dienone is 4. The van der Waals surface area contributed by atoms with Crippen LogP contribution < -0.4 is 5.32 Å². The van der Waals surface area contributed by atoms with Crippen LogP contribution in [0.1, 0.15) is 41.2 Å². The quantitative estimate of drug-likeness (QED) is 0.382. The highest BCUT2D eigenvalue weighted by Gasteiger charge is 2.34. The Morgan fingerprint density at radius 3 is 2.39 bits per heavy atom. The lowest BCUT2D eigenvalue weighted by molar-refractivity contribution is -0.0122. The molecule has 0 atom stereocenters. The molecule has 31 heavy (non-hydrogen) atoms. The van der Waals surface area contributed by atoms with Gasteiger partial charge in [0, 0.05) is 24.2 Å². The van der Waals surface area contributed by atoms with Gasteiger partial charge < -0.3 is 5.32 Å². The number of hydrogen-bond donors (Lipinski definition) is 1. The van der Waals surface area contributed by atoms with Gasteiger partial charge in [0.25, 0.3) is 5.92 Å². The Morgan fingerprint density at radius 2 is 1.74 bits per heavy atom. The molecule has 0 aromatic heterocycles. The number of halogens is 4. The summed E-state index contributed by atoms with van der Waals surface area (Å²) in [5.41, 5.74) is 4.54. The minimum absolute atomic E-state index is 0.0551. The van der Waals surface area contributed by atoms with Crippen molar-refractivity contribution in [2.24, 2.45) is 0 Å². The van der Waals surface area contributed by atoms with Crippen LogP contribution in [-0.4, -0.2) is 5.92 Å². The Balaban J connectivity index is 1.78. The fourth-order valence-electron chi connectivity index (χ4n) is 3.82. The molecule has 0 aliphatic heterocycles. The minimum atomic E-state index is -2.67. The summed E-state index contributed by atoms with van der Waals surface area (Å²) < 4.78 is 55.6.